The van der Waals surface area contributed by atoms with Gasteiger partial charge in [-0.3, -0.25) is 11.1 Å². The van der Waals surface area contributed by atoms with Crippen molar-refractivity contribution in [3.8, 4) is 0 Å². The summed E-state index contributed by atoms with van der Waals surface area (Å²) in [5.74, 6) is 0.426. The van der Waals surface area contributed by atoms with E-state index < -0.39 is 0 Å². The monoisotopic (exact) mass is 348 g/mol. The van der Waals surface area contributed by atoms with Gasteiger partial charge in [-0.2, -0.15) is 0 Å². The van der Waals surface area contributed by atoms with E-state index in [1.165, 1.54) is 11.8 Å². The molecular weight excluding hydrogens is 322 g/mol. The molecule has 0 aliphatic heterocycles. The second-order valence-electron chi connectivity index (χ2n) is 4.55. The predicted octanol–water partition coefficient (Wildman–Crippen LogP) is 0.385. The lowest BCUT2D eigenvalue weighted by Crippen LogP contribution is -2.42. The molecule has 2 aromatic rings. The highest BCUT2D eigenvalue weighted by molar-refractivity contribution is 8.12. The van der Waals surface area contributed by atoms with Crippen molar-refractivity contribution < 1.29 is 5.41 Å². The second-order valence-corrected chi connectivity index (χ2v) is 5.43. The molecule has 0 amide bonds. The minimum atomic E-state index is 0.421. The Bertz CT molecular complexity index is 603. The molecule has 0 aliphatic rings. The van der Waals surface area contributed by atoms with Gasteiger partial charge in [0, 0.05) is 22.7 Å². The molecule has 0 saturated heterocycles. The van der Waals surface area contributed by atoms with Gasteiger partial charge in [0.25, 0.3) is 5.17 Å². The Morgan fingerprint density at radius 2 is 1.17 bits per heavy atom. The molecule has 0 fully saturated rings. The molecule has 130 valence electrons. The number of nitrogen functional groups attached to an aromatic ring is 3. The summed E-state index contributed by atoms with van der Waals surface area (Å²) in [6, 6.07) is 14.4. The highest BCUT2D eigenvalue weighted by Crippen LogP contribution is 2.10. The molecular formula is C16H26N7S+. The summed E-state index contributed by atoms with van der Waals surface area (Å²) in [6.45, 7) is 3.51. The number of hydrogen-bond acceptors (Lipinski definition) is 6. The normalized spacial score (nSPS) is 8.71. The molecule has 0 atom stereocenters. The third-order valence-corrected chi connectivity index (χ3v) is 2.86. The van der Waals surface area contributed by atoms with E-state index in [2.05, 4.69) is 11.9 Å². The van der Waals surface area contributed by atoms with E-state index in [0.29, 0.717) is 11.0 Å². The van der Waals surface area contributed by atoms with Gasteiger partial charge in [-0.1, -0.05) is 6.58 Å². The summed E-state index contributed by atoms with van der Waals surface area (Å²) in [5, 5.41) is 8.23. The van der Waals surface area contributed by atoms with E-state index in [0.717, 1.165) is 22.7 Å². The van der Waals surface area contributed by atoms with Crippen LogP contribution in [0, 0.1) is 0 Å². The summed E-state index contributed by atoms with van der Waals surface area (Å²) in [4.78, 5) is 0. The lowest BCUT2D eigenvalue weighted by molar-refractivity contribution is -0.110. The van der Waals surface area contributed by atoms with Crippen molar-refractivity contribution in [1.29, 1.82) is 0 Å². The molecule has 24 heavy (non-hydrogen) atoms. The van der Waals surface area contributed by atoms with Crippen LogP contribution >= 0.6 is 11.8 Å². The summed E-state index contributed by atoms with van der Waals surface area (Å²) >= 11 is 1.35. The van der Waals surface area contributed by atoms with E-state index in [1.54, 1.807) is 36.4 Å². The van der Waals surface area contributed by atoms with Gasteiger partial charge < -0.3 is 28.3 Å². The van der Waals surface area contributed by atoms with Gasteiger partial charge in [-0.25, -0.2) is 0 Å². The Morgan fingerprint density at radius 3 is 1.42 bits per heavy atom. The third-order valence-electron chi connectivity index (χ3n) is 2.39. The number of thioether (sulfide) groups is 1. The van der Waals surface area contributed by atoms with Gasteiger partial charge in [-0.05, 0) is 66.5 Å². The SMILES string of the molecule is C=C(N)Nc1ccc(N)cc1.CSC(N)=[NH2+].Nc1ccc(N)cc1. The average Bonchev–Trinajstić information content (AvgIpc) is 2.53. The standard InChI is InChI=1S/C8H11N3.C6H8N2.C2H6N2S/c1-6(9)11-8-4-2-7(10)3-5-8;7-5-1-2-6(8)4-3-5;1-5-2(3)4/h2-5,11H,1,9-10H2;1-4H,7-8H2;1H3,(H3,3,4)/p+1. The number of amidine groups is 1. The number of anilines is 4. The Hall–Kier alpha value is -3.00. The van der Waals surface area contributed by atoms with Crippen molar-refractivity contribution in [3.05, 3.63) is 60.9 Å². The Morgan fingerprint density at radius 1 is 0.875 bits per heavy atom. The van der Waals surface area contributed by atoms with Crippen LogP contribution in [0.4, 0.5) is 22.7 Å². The van der Waals surface area contributed by atoms with Crippen LogP contribution in [0.5, 0.6) is 0 Å². The highest BCUT2D eigenvalue weighted by atomic mass is 32.2. The molecule has 0 radical (unpaired) electrons. The van der Waals surface area contributed by atoms with Gasteiger partial charge in [0.05, 0.1) is 5.82 Å². The Balaban J connectivity index is 0.000000358. The van der Waals surface area contributed by atoms with Crippen molar-refractivity contribution >= 4 is 39.7 Å². The summed E-state index contributed by atoms with van der Waals surface area (Å²) in [6.07, 6.45) is 1.83. The lowest BCUT2D eigenvalue weighted by atomic mass is 10.3. The maximum Gasteiger partial charge on any atom is 0.299 e. The van der Waals surface area contributed by atoms with Gasteiger partial charge >= 0.3 is 0 Å². The Kier molecular flexibility index (Phi) is 10.1. The molecule has 8 heteroatoms. The fourth-order valence-electron chi connectivity index (χ4n) is 1.25. The van der Waals surface area contributed by atoms with Crippen molar-refractivity contribution in [2.75, 3.05) is 28.8 Å². The highest BCUT2D eigenvalue weighted by Gasteiger charge is 1.89. The first-order chi connectivity index (χ1) is 11.2. The van der Waals surface area contributed by atoms with E-state index in [-0.39, 0.29) is 0 Å². The first-order valence-corrected chi connectivity index (χ1v) is 8.07. The van der Waals surface area contributed by atoms with E-state index in [4.69, 9.17) is 34.1 Å². The summed E-state index contributed by atoms with van der Waals surface area (Å²) in [7, 11) is 0. The minimum Gasteiger partial charge on any atom is -0.399 e. The molecule has 7 nitrogen and oxygen atoms in total. The van der Waals surface area contributed by atoms with Gasteiger partial charge in [0.1, 0.15) is 0 Å². The molecule has 0 unspecified atom stereocenters. The second kappa shape index (κ2) is 11.6. The fraction of sp³-hybridized carbons (Fsp3) is 0.0625. The summed E-state index contributed by atoms with van der Waals surface area (Å²) in [5.41, 5.74) is 29.6. The van der Waals surface area contributed by atoms with Crippen molar-refractivity contribution in [3.63, 3.8) is 0 Å². The van der Waals surface area contributed by atoms with Gasteiger partial charge in [0.2, 0.25) is 0 Å². The maximum atomic E-state index is 5.48. The van der Waals surface area contributed by atoms with Crippen molar-refractivity contribution in [1.82, 2.24) is 0 Å². The molecule has 0 saturated carbocycles. The molecule has 2 rings (SSSR count). The number of nitrogens with two attached hydrogens (primary N) is 6. The van der Waals surface area contributed by atoms with Crippen LogP contribution in [-0.2, 0) is 0 Å². The Labute approximate surface area is 146 Å². The smallest absolute Gasteiger partial charge is 0.299 e. The lowest BCUT2D eigenvalue weighted by Gasteiger charge is -2.03. The predicted molar refractivity (Wildman–Crippen MR) is 108 cm³/mol. The number of benzene rings is 2. The maximum absolute atomic E-state index is 5.48. The van der Waals surface area contributed by atoms with Crippen LogP contribution in [0.3, 0.4) is 0 Å². The molecule has 0 aromatic heterocycles. The molecule has 2 aromatic carbocycles. The van der Waals surface area contributed by atoms with Crippen LogP contribution < -0.4 is 39.4 Å². The topological polar surface area (TPSA) is 168 Å². The van der Waals surface area contributed by atoms with Crippen molar-refractivity contribution in [2.24, 2.45) is 11.5 Å². The number of nitrogens with one attached hydrogen (secondary N) is 1. The molecule has 0 heterocycles. The van der Waals surface area contributed by atoms with Crippen LogP contribution in [0.25, 0.3) is 0 Å². The third kappa shape index (κ3) is 11.6. The number of rotatable bonds is 2. The van der Waals surface area contributed by atoms with Crippen molar-refractivity contribution in [2.45, 2.75) is 0 Å². The van der Waals surface area contributed by atoms with E-state index >= 15 is 0 Å². The van der Waals surface area contributed by atoms with Crippen LogP contribution in [0.2, 0.25) is 0 Å². The minimum absolute atomic E-state index is 0.421. The first-order valence-electron chi connectivity index (χ1n) is 6.84. The quantitative estimate of drug-likeness (QED) is 0.234. The molecule has 0 aliphatic carbocycles. The zero-order chi connectivity index (χ0) is 18.5. The van der Waals surface area contributed by atoms with Crippen LogP contribution in [0.1, 0.15) is 0 Å². The average molecular weight is 349 g/mol. The van der Waals surface area contributed by atoms with Crippen LogP contribution in [0.15, 0.2) is 60.9 Å². The fourth-order valence-corrected chi connectivity index (χ4v) is 1.25. The first kappa shape index (κ1) is 21.0. The van der Waals surface area contributed by atoms with Gasteiger partial charge in [-0.15, -0.1) is 0 Å². The molecule has 0 spiro atoms. The summed E-state index contributed by atoms with van der Waals surface area (Å²) < 4.78 is 0. The van der Waals surface area contributed by atoms with E-state index in [1.807, 2.05) is 18.4 Å². The van der Waals surface area contributed by atoms with Gasteiger partial charge in [0.15, 0.2) is 0 Å². The van der Waals surface area contributed by atoms with E-state index in [9.17, 15) is 0 Å². The largest absolute Gasteiger partial charge is 0.399 e. The zero-order valence-electron chi connectivity index (χ0n) is 13.7. The number of hydrogen-bond donors (Lipinski definition) is 7. The molecule has 13 N–H and O–H groups in total. The zero-order valence-corrected chi connectivity index (χ0v) is 14.5. The molecule has 0 bridgehead atoms. The van der Waals surface area contributed by atoms with Crippen LogP contribution in [-0.4, -0.2) is 11.4 Å².